The molecule has 0 atom stereocenters. The van der Waals surface area contributed by atoms with Crippen LogP contribution < -0.4 is 15.5 Å². The van der Waals surface area contributed by atoms with E-state index in [0.717, 1.165) is 5.65 Å². The van der Waals surface area contributed by atoms with Crippen LogP contribution in [0.15, 0.2) is 29.8 Å². The smallest absolute Gasteiger partial charge is 0.323 e. The number of thiazole rings is 1. The van der Waals surface area contributed by atoms with E-state index in [0.29, 0.717) is 29.7 Å². The van der Waals surface area contributed by atoms with Crippen LogP contribution in [0, 0.1) is 0 Å². The summed E-state index contributed by atoms with van der Waals surface area (Å²) in [4.78, 5) is 29.7. The van der Waals surface area contributed by atoms with Crippen molar-refractivity contribution in [3.8, 4) is 0 Å². The molecule has 9 nitrogen and oxygen atoms in total. The Hall–Kier alpha value is -3.01. The van der Waals surface area contributed by atoms with Crippen LogP contribution in [0.25, 0.3) is 5.65 Å². The summed E-state index contributed by atoms with van der Waals surface area (Å²) in [7, 11) is 0. The number of aromatic nitrogens is 4. The molecule has 3 aromatic heterocycles. The fraction of sp³-hybridized carbons (Fsp3) is 0.267. The first-order valence-electron chi connectivity index (χ1n) is 7.76. The third-order valence-corrected chi connectivity index (χ3v) is 4.71. The molecule has 0 aromatic carbocycles. The van der Waals surface area contributed by atoms with Crippen molar-refractivity contribution in [1.82, 2.24) is 30.2 Å². The maximum absolute atomic E-state index is 12.1. The number of rotatable bonds is 5. The van der Waals surface area contributed by atoms with Gasteiger partial charge in [-0.25, -0.2) is 9.78 Å². The van der Waals surface area contributed by atoms with Crippen molar-refractivity contribution in [3.05, 3.63) is 41.3 Å². The number of amides is 3. The lowest BCUT2D eigenvalue weighted by molar-refractivity contribution is -0.120. The fourth-order valence-corrected chi connectivity index (χ4v) is 3.42. The number of fused-ring (bicyclic) bond motifs is 1. The van der Waals surface area contributed by atoms with Gasteiger partial charge in [0.25, 0.3) is 0 Å². The van der Waals surface area contributed by atoms with Gasteiger partial charge >= 0.3 is 6.03 Å². The van der Waals surface area contributed by atoms with E-state index in [1.165, 1.54) is 11.3 Å². The standard InChI is InChI=1S/C15H15N7O2S/c23-13(17-8-12-20-19-11-3-1-2-5-21(11)12)7-10-9-25-15(18-10)22-6-4-16-14(22)24/h1-3,5,9H,4,6-8H2,(H,16,24)(H,17,23). The van der Waals surface area contributed by atoms with Crippen LogP contribution in [0.4, 0.5) is 9.93 Å². The molecule has 0 bridgehead atoms. The summed E-state index contributed by atoms with van der Waals surface area (Å²) in [6, 6.07) is 5.47. The molecule has 3 amide bonds. The van der Waals surface area contributed by atoms with Crippen LogP contribution in [-0.4, -0.2) is 44.6 Å². The lowest BCUT2D eigenvalue weighted by atomic mass is 10.3. The van der Waals surface area contributed by atoms with Gasteiger partial charge in [0.1, 0.15) is 0 Å². The van der Waals surface area contributed by atoms with Gasteiger partial charge in [0, 0.05) is 24.7 Å². The molecule has 1 saturated heterocycles. The van der Waals surface area contributed by atoms with Gasteiger partial charge in [-0.3, -0.25) is 14.1 Å². The zero-order valence-electron chi connectivity index (χ0n) is 13.2. The molecular weight excluding hydrogens is 342 g/mol. The largest absolute Gasteiger partial charge is 0.348 e. The SMILES string of the molecule is O=C(Cc1csc(N2CCNC2=O)n1)NCc1nnc2ccccn12. The molecule has 25 heavy (non-hydrogen) atoms. The molecule has 1 aliphatic rings. The summed E-state index contributed by atoms with van der Waals surface area (Å²) in [5.41, 5.74) is 1.38. The third-order valence-electron chi connectivity index (χ3n) is 3.80. The topological polar surface area (TPSA) is 105 Å². The first kappa shape index (κ1) is 15.5. The summed E-state index contributed by atoms with van der Waals surface area (Å²) in [5, 5.41) is 16.1. The van der Waals surface area contributed by atoms with Gasteiger partial charge in [-0.1, -0.05) is 6.07 Å². The van der Waals surface area contributed by atoms with Crippen molar-refractivity contribution in [1.29, 1.82) is 0 Å². The number of hydrogen-bond donors (Lipinski definition) is 2. The maximum atomic E-state index is 12.1. The Labute approximate surface area is 146 Å². The van der Waals surface area contributed by atoms with Crippen molar-refractivity contribution < 1.29 is 9.59 Å². The van der Waals surface area contributed by atoms with Gasteiger partial charge in [-0.05, 0) is 12.1 Å². The molecule has 1 fully saturated rings. The Balaban J connectivity index is 1.36. The van der Waals surface area contributed by atoms with Gasteiger partial charge in [0.2, 0.25) is 5.91 Å². The molecule has 0 saturated carbocycles. The molecule has 3 aromatic rings. The van der Waals surface area contributed by atoms with Crippen molar-refractivity contribution in [2.24, 2.45) is 0 Å². The Kier molecular flexibility index (Phi) is 4.02. The van der Waals surface area contributed by atoms with E-state index < -0.39 is 0 Å². The number of carbonyl (C=O) groups is 2. The van der Waals surface area contributed by atoms with E-state index in [4.69, 9.17) is 0 Å². The number of nitrogens with zero attached hydrogens (tertiary/aromatic N) is 5. The highest BCUT2D eigenvalue weighted by Gasteiger charge is 2.24. The number of nitrogens with one attached hydrogen (secondary N) is 2. The molecule has 0 spiro atoms. The molecule has 0 unspecified atom stereocenters. The minimum absolute atomic E-state index is 0.149. The quantitative estimate of drug-likeness (QED) is 0.695. The molecule has 0 radical (unpaired) electrons. The number of carbonyl (C=O) groups excluding carboxylic acids is 2. The lowest BCUT2D eigenvalue weighted by Crippen LogP contribution is -2.28. The Morgan fingerprint density at radius 3 is 3.12 bits per heavy atom. The molecule has 4 heterocycles. The second kappa shape index (κ2) is 6.48. The summed E-state index contributed by atoms with van der Waals surface area (Å²) in [5.74, 6) is 0.507. The Bertz CT molecular complexity index is 935. The van der Waals surface area contributed by atoms with Crippen molar-refractivity contribution in [2.75, 3.05) is 18.0 Å². The monoisotopic (exact) mass is 357 g/mol. The van der Waals surface area contributed by atoms with E-state index in [9.17, 15) is 9.59 Å². The number of urea groups is 1. The fourth-order valence-electron chi connectivity index (χ4n) is 2.57. The van der Waals surface area contributed by atoms with Gasteiger partial charge in [-0.2, -0.15) is 0 Å². The molecule has 10 heteroatoms. The zero-order chi connectivity index (χ0) is 17.2. The highest BCUT2D eigenvalue weighted by Crippen LogP contribution is 2.22. The van der Waals surface area contributed by atoms with Gasteiger partial charge in [0.05, 0.1) is 18.7 Å². The molecule has 0 aliphatic carbocycles. The maximum Gasteiger partial charge on any atom is 0.323 e. The van der Waals surface area contributed by atoms with Crippen LogP contribution in [0.2, 0.25) is 0 Å². The highest BCUT2D eigenvalue weighted by molar-refractivity contribution is 7.14. The van der Waals surface area contributed by atoms with E-state index in [2.05, 4.69) is 25.8 Å². The third kappa shape index (κ3) is 3.15. The van der Waals surface area contributed by atoms with Crippen LogP contribution in [0.5, 0.6) is 0 Å². The molecule has 4 rings (SSSR count). The summed E-state index contributed by atoms with van der Waals surface area (Å²) < 4.78 is 1.83. The Morgan fingerprint density at radius 1 is 1.36 bits per heavy atom. The van der Waals surface area contributed by atoms with E-state index in [1.807, 2.05) is 28.8 Å². The second-order valence-electron chi connectivity index (χ2n) is 5.50. The van der Waals surface area contributed by atoms with Gasteiger partial charge < -0.3 is 10.6 Å². The van der Waals surface area contributed by atoms with Crippen LogP contribution in [-0.2, 0) is 17.8 Å². The second-order valence-corrected chi connectivity index (χ2v) is 6.34. The minimum atomic E-state index is -0.157. The zero-order valence-corrected chi connectivity index (χ0v) is 14.0. The Morgan fingerprint density at radius 2 is 2.28 bits per heavy atom. The molecule has 128 valence electrons. The van der Waals surface area contributed by atoms with Crippen LogP contribution in [0.1, 0.15) is 11.5 Å². The first-order valence-corrected chi connectivity index (χ1v) is 8.64. The molecule has 1 aliphatic heterocycles. The summed E-state index contributed by atoms with van der Waals surface area (Å²) in [6.45, 7) is 1.49. The molecular formula is C15H15N7O2S. The highest BCUT2D eigenvalue weighted by atomic mass is 32.1. The van der Waals surface area contributed by atoms with Gasteiger partial charge in [0.15, 0.2) is 16.6 Å². The predicted molar refractivity (Wildman–Crippen MR) is 91.4 cm³/mol. The summed E-state index contributed by atoms with van der Waals surface area (Å²) >= 11 is 1.36. The number of anilines is 1. The number of pyridine rings is 1. The average Bonchev–Trinajstić information content (AvgIpc) is 3.32. The van der Waals surface area contributed by atoms with Crippen molar-refractivity contribution in [2.45, 2.75) is 13.0 Å². The first-order chi connectivity index (χ1) is 12.2. The van der Waals surface area contributed by atoms with E-state index in [1.54, 1.807) is 10.3 Å². The lowest BCUT2D eigenvalue weighted by Gasteiger charge is -2.08. The van der Waals surface area contributed by atoms with E-state index in [-0.39, 0.29) is 24.9 Å². The van der Waals surface area contributed by atoms with E-state index >= 15 is 0 Å². The average molecular weight is 357 g/mol. The predicted octanol–water partition coefficient (Wildman–Crippen LogP) is 0.574. The van der Waals surface area contributed by atoms with Crippen LogP contribution >= 0.6 is 11.3 Å². The van der Waals surface area contributed by atoms with Crippen molar-refractivity contribution >= 4 is 34.1 Å². The van der Waals surface area contributed by atoms with Gasteiger partial charge in [-0.15, -0.1) is 21.5 Å². The van der Waals surface area contributed by atoms with Crippen LogP contribution in [0.3, 0.4) is 0 Å². The van der Waals surface area contributed by atoms with Crippen molar-refractivity contribution in [3.63, 3.8) is 0 Å². The summed E-state index contributed by atoms with van der Waals surface area (Å²) in [6.07, 6.45) is 2.01. The minimum Gasteiger partial charge on any atom is -0.348 e. The number of hydrogen-bond acceptors (Lipinski definition) is 6. The normalized spacial score (nSPS) is 14.1. The molecule has 2 N–H and O–H groups in total.